The van der Waals surface area contributed by atoms with Crippen LogP contribution in [0, 0.1) is 22.7 Å². The highest BCUT2D eigenvalue weighted by atomic mass is 16.4. The Bertz CT molecular complexity index is 803. The number of allylic oxidation sites excluding steroid dienone is 2. The highest BCUT2D eigenvalue weighted by molar-refractivity contribution is 5.87. The van der Waals surface area contributed by atoms with E-state index >= 15 is 0 Å². The van der Waals surface area contributed by atoms with Crippen LogP contribution in [-0.2, 0) is 0 Å². The highest BCUT2D eigenvalue weighted by Gasteiger charge is 2.36. The van der Waals surface area contributed by atoms with Crippen molar-refractivity contribution in [2.45, 2.75) is 5.92 Å². The molecule has 0 aromatic heterocycles. The maximum absolute atomic E-state index is 11.3. The maximum Gasteiger partial charge on any atom is 0.335 e. The van der Waals surface area contributed by atoms with E-state index in [1.54, 1.807) is 38.3 Å². The lowest BCUT2D eigenvalue weighted by Crippen LogP contribution is -2.46. The van der Waals surface area contributed by atoms with Gasteiger partial charge >= 0.3 is 5.97 Å². The molecule has 0 atom stereocenters. The number of nitrogens with zero attached hydrogens (tertiary/aromatic N) is 3. The van der Waals surface area contributed by atoms with Gasteiger partial charge in [-0.2, -0.15) is 10.5 Å². The van der Waals surface area contributed by atoms with E-state index in [1.165, 1.54) is 12.1 Å². The van der Waals surface area contributed by atoms with Gasteiger partial charge in [-0.1, -0.05) is 12.1 Å². The average Bonchev–Trinajstić information content (AvgIpc) is 2.65. The quantitative estimate of drug-likeness (QED) is 0.622. The summed E-state index contributed by atoms with van der Waals surface area (Å²) in [5, 5.41) is 36.2. The second-order valence-electron chi connectivity index (χ2n) is 5.17. The van der Waals surface area contributed by atoms with Gasteiger partial charge in [0.05, 0.1) is 34.8 Å². The lowest BCUT2D eigenvalue weighted by molar-refractivity contribution is 0.0696. The standard InChI is InChI=1S/C17H18N6O2/c1-20-15-12(8-18)14(10-5-4-6-11(7-10)17(24)25)13(9-19)16(21-2)23(15)22-3/h4-7,14,20-22H,1-3H3,(H,24,25). The van der Waals surface area contributed by atoms with E-state index in [2.05, 4.69) is 28.2 Å². The predicted octanol–water partition coefficient (Wildman–Crippen LogP) is 0.828. The van der Waals surface area contributed by atoms with E-state index in [0.29, 0.717) is 28.4 Å². The second-order valence-corrected chi connectivity index (χ2v) is 5.17. The van der Waals surface area contributed by atoms with Crippen molar-refractivity contribution in [3.05, 3.63) is 58.2 Å². The number of aromatic carboxylic acids is 1. The van der Waals surface area contributed by atoms with Gasteiger partial charge < -0.3 is 15.7 Å². The van der Waals surface area contributed by atoms with Crippen LogP contribution in [0.25, 0.3) is 0 Å². The number of hydrazine groups is 1. The summed E-state index contributed by atoms with van der Waals surface area (Å²) in [5.41, 5.74) is 4.22. The summed E-state index contributed by atoms with van der Waals surface area (Å²) in [7, 11) is 5.02. The van der Waals surface area contributed by atoms with Crippen molar-refractivity contribution in [3.63, 3.8) is 0 Å². The van der Waals surface area contributed by atoms with Crippen LogP contribution in [0.2, 0.25) is 0 Å². The normalized spacial score (nSPS) is 14.8. The van der Waals surface area contributed by atoms with Gasteiger partial charge in [0, 0.05) is 21.1 Å². The molecule has 0 radical (unpaired) electrons. The zero-order valence-corrected chi connectivity index (χ0v) is 14.1. The molecule has 1 aliphatic rings. The number of rotatable bonds is 5. The molecule has 1 aromatic rings. The monoisotopic (exact) mass is 338 g/mol. The number of nitriles is 2. The molecule has 0 unspecified atom stereocenters. The molecule has 8 heteroatoms. The van der Waals surface area contributed by atoms with Crippen LogP contribution in [-0.4, -0.2) is 37.2 Å². The number of benzene rings is 1. The molecule has 0 amide bonds. The van der Waals surface area contributed by atoms with Crippen molar-refractivity contribution in [3.8, 4) is 12.1 Å². The summed E-state index contributed by atoms with van der Waals surface area (Å²) in [6, 6.07) is 10.6. The Morgan fingerprint density at radius 1 is 1.12 bits per heavy atom. The fraction of sp³-hybridized carbons (Fsp3) is 0.235. The number of nitrogens with one attached hydrogen (secondary N) is 3. The largest absolute Gasteiger partial charge is 0.478 e. The first-order chi connectivity index (χ1) is 12.0. The van der Waals surface area contributed by atoms with Crippen molar-refractivity contribution in [1.29, 1.82) is 10.5 Å². The van der Waals surface area contributed by atoms with E-state index in [0.717, 1.165) is 0 Å². The first-order valence-corrected chi connectivity index (χ1v) is 7.48. The van der Waals surface area contributed by atoms with Gasteiger partial charge in [0.2, 0.25) is 0 Å². The SMILES string of the molecule is CNC1=C(C#N)C(c2cccc(C(=O)O)c2)C(C#N)=C(NC)N1NC. The predicted molar refractivity (Wildman–Crippen MR) is 90.4 cm³/mol. The number of hydrogen-bond donors (Lipinski definition) is 4. The van der Waals surface area contributed by atoms with Gasteiger partial charge in [-0.25, -0.2) is 15.2 Å². The highest BCUT2D eigenvalue weighted by Crippen LogP contribution is 2.39. The Morgan fingerprint density at radius 3 is 2.08 bits per heavy atom. The first kappa shape index (κ1) is 17.9. The smallest absolute Gasteiger partial charge is 0.335 e. The van der Waals surface area contributed by atoms with Crippen molar-refractivity contribution >= 4 is 5.97 Å². The van der Waals surface area contributed by atoms with E-state index < -0.39 is 11.9 Å². The Hall–Kier alpha value is -3.49. The lowest BCUT2D eigenvalue weighted by Gasteiger charge is -2.36. The van der Waals surface area contributed by atoms with E-state index in [-0.39, 0.29) is 5.56 Å². The van der Waals surface area contributed by atoms with Crippen LogP contribution in [0.4, 0.5) is 0 Å². The number of carbonyl (C=O) groups is 1. The van der Waals surface area contributed by atoms with Crippen LogP contribution in [0.5, 0.6) is 0 Å². The molecule has 0 saturated carbocycles. The van der Waals surface area contributed by atoms with Crippen molar-refractivity contribution in [2.24, 2.45) is 0 Å². The first-order valence-electron chi connectivity index (χ1n) is 7.48. The molecular formula is C17H18N6O2. The third-order valence-corrected chi connectivity index (χ3v) is 3.94. The van der Waals surface area contributed by atoms with Crippen molar-refractivity contribution < 1.29 is 9.90 Å². The van der Waals surface area contributed by atoms with Crippen LogP contribution in [0.1, 0.15) is 21.8 Å². The van der Waals surface area contributed by atoms with Gasteiger partial charge in [0.15, 0.2) is 0 Å². The van der Waals surface area contributed by atoms with Crippen LogP contribution in [0.15, 0.2) is 47.1 Å². The minimum Gasteiger partial charge on any atom is -0.478 e. The molecule has 25 heavy (non-hydrogen) atoms. The molecule has 0 aliphatic carbocycles. The minimum atomic E-state index is -1.07. The molecule has 0 bridgehead atoms. The summed E-state index contributed by atoms with van der Waals surface area (Å²) >= 11 is 0. The maximum atomic E-state index is 11.3. The molecule has 4 N–H and O–H groups in total. The Balaban J connectivity index is 2.78. The fourth-order valence-electron chi connectivity index (χ4n) is 2.91. The Morgan fingerprint density at radius 2 is 1.68 bits per heavy atom. The summed E-state index contributed by atoms with van der Waals surface area (Å²) < 4.78 is 0. The summed E-state index contributed by atoms with van der Waals surface area (Å²) in [6.07, 6.45) is 0. The summed E-state index contributed by atoms with van der Waals surface area (Å²) in [4.78, 5) is 11.3. The Kier molecular flexibility index (Phi) is 5.28. The molecule has 0 fully saturated rings. The molecule has 1 heterocycles. The van der Waals surface area contributed by atoms with Gasteiger partial charge in [-0.05, 0) is 17.7 Å². The lowest BCUT2D eigenvalue weighted by atomic mass is 9.82. The molecule has 128 valence electrons. The zero-order valence-electron chi connectivity index (χ0n) is 14.1. The number of carboxylic acid groups (broad SMARTS) is 1. The molecule has 0 spiro atoms. The summed E-state index contributed by atoms with van der Waals surface area (Å²) in [6.45, 7) is 0. The van der Waals surface area contributed by atoms with Crippen LogP contribution >= 0.6 is 0 Å². The second kappa shape index (κ2) is 7.39. The van der Waals surface area contributed by atoms with E-state index in [4.69, 9.17) is 0 Å². The van der Waals surface area contributed by atoms with Gasteiger partial charge in [0.25, 0.3) is 0 Å². The molecule has 8 nitrogen and oxygen atoms in total. The molecule has 2 rings (SSSR count). The van der Waals surface area contributed by atoms with Crippen LogP contribution < -0.4 is 16.1 Å². The molecule has 1 aliphatic heterocycles. The van der Waals surface area contributed by atoms with E-state index in [9.17, 15) is 20.4 Å². The number of carboxylic acids is 1. The third-order valence-electron chi connectivity index (χ3n) is 3.94. The fourth-order valence-corrected chi connectivity index (χ4v) is 2.91. The van der Waals surface area contributed by atoms with Crippen molar-refractivity contribution in [1.82, 2.24) is 21.1 Å². The van der Waals surface area contributed by atoms with Gasteiger partial charge in [0.1, 0.15) is 11.6 Å². The molecule has 1 aromatic carbocycles. The summed E-state index contributed by atoms with van der Waals surface area (Å²) in [5.74, 6) is -0.774. The molecular weight excluding hydrogens is 320 g/mol. The van der Waals surface area contributed by atoms with Crippen molar-refractivity contribution in [2.75, 3.05) is 21.1 Å². The van der Waals surface area contributed by atoms with Crippen LogP contribution in [0.3, 0.4) is 0 Å². The van der Waals surface area contributed by atoms with Gasteiger partial charge in [-0.15, -0.1) is 0 Å². The topological polar surface area (TPSA) is 124 Å². The average molecular weight is 338 g/mol. The minimum absolute atomic E-state index is 0.0974. The molecule has 0 saturated heterocycles. The van der Waals surface area contributed by atoms with E-state index in [1.807, 2.05) is 0 Å². The zero-order chi connectivity index (χ0) is 18.6. The number of hydrogen-bond acceptors (Lipinski definition) is 7. The van der Waals surface area contributed by atoms with Gasteiger partial charge in [-0.3, -0.25) is 0 Å². The third kappa shape index (κ3) is 2.99. The Labute approximate surface area is 145 Å².